The van der Waals surface area contributed by atoms with Crippen LogP contribution in [-0.2, 0) is 19.9 Å². The third kappa shape index (κ3) is 2.71. The van der Waals surface area contributed by atoms with Crippen LogP contribution in [0.25, 0.3) is 0 Å². The van der Waals surface area contributed by atoms with Gasteiger partial charge in [-0.05, 0) is 18.9 Å². The van der Waals surface area contributed by atoms with E-state index in [1.54, 1.807) is 4.68 Å². The van der Waals surface area contributed by atoms with Crippen LogP contribution in [0.4, 0.5) is 0 Å². The van der Waals surface area contributed by atoms with Gasteiger partial charge in [0.05, 0.1) is 22.8 Å². The van der Waals surface area contributed by atoms with E-state index in [2.05, 4.69) is 5.10 Å². The summed E-state index contributed by atoms with van der Waals surface area (Å²) >= 11 is 6.27. The molecule has 0 N–H and O–H groups in total. The van der Waals surface area contributed by atoms with E-state index in [0.717, 1.165) is 28.9 Å². The molecule has 1 aromatic carbocycles. The summed E-state index contributed by atoms with van der Waals surface area (Å²) in [5.41, 5.74) is 3.36. The second-order valence-electron chi connectivity index (χ2n) is 4.60. The van der Waals surface area contributed by atoms with E-state index < -0.39 is 0 Å². The lowest BCUT2D eigenvalue weighted by Gasteiger charge is -2.05. The van der Waals surface area contributed by atoms with Crippen molar-refractivity contribution in [1.29, 1.82) is 0 Å². The van der Waals surface area contributed by atoms with Gasteiger partial charge in [0.1, 0.15) is 0 Å². The third-order valence-corrected chi connectivity index (χ3v) is 3.71. The first-order valence-electron chi connectivity index (χ1n) is 6.33. The summed E-state index contributed by atoms with van der Waals surface area (Å²) in [4.78, 5) is 12.3. The van der Waals surface area contributed by atoms with E-state index in [-0.39, 0.29) is 12.2 Å². The van der Waals surface area contributed by atoms with Crippen molar-refractivity contribution >= 4 is 17.4 Å². The molecule has 0 unspecified atom stereocenters. The monoisotopic (exact) mass is 276 g/mol. The highest BCUT2D eigenvalue weighted by Gasteiger charge is 2.17. The topological polar surface area (TPSA) is 34.9 Å². The quantitative estimate of drug-likeness (QED) is 0.803. The highest BCUT2D eigenvalue weighted by molar-refractivity contribution is 6.32. The van der Waals surface area contributed by atoms with Crippen molar-refractivity contribution in [3.63, 3.8) is 0 Å². The van der Waals surface area contributed by atoms with E-state index in [1.165, 1.54) is 0 Å². The Bertz CT molecular complexity index is 617. The number of benzene rings is 1. The van der Waals surface area contributed by atoms with Gasteiger partial charge in [-0.25, -0.2) is 0 Å². The molecule has 1 aromatic heterocycles. The van der Waals surface area contributed by atoms with E-state index >= 15 is 0 Å². The van der Waals surface area contributed by atoms with E-state index in [1.807, 2.05) is 45.2 Å². The van der Waals surface area contributed by atoms with Crippen LogP contribution in [-0.4, -0.2) is 15.6 Å². The smallest absolute Gasteiger partial charge is 0.169 e. The molecule has 0 aliphatic rings. The number of nitrogens with zero attached hydrogens (tertiary/aromatic N) is 2. The number of aryl methyl sites for hydroxylation is 3. The summed E-state index contributed by atoms with van der Waals surface area (Å²) in [7, 11) is 1.82. The predicted molar refractivity (Wildman–Crippen MR) is 76.8 cm³/mol. The Morgan fingerprint density at radius 3 is 2.63 bits per heavy atom. The molecule has 3 nitrogen and oxygen atoms in total. The van der Waals surface area contributed by atoms with E-state index in [0.29, 0.717) is 5.02 Å². The Labute approximate surface area is 118 Å². The van der Waals surface area contributed by atoms with Gasteiger partial charge in [-0.2, -0.15) is 5.10 Å². The molecule has 0 spiro atoms. The SMILES string of the molecule is CCc1nn(C)c(CC(=O)c2ccccc2C)c1Cl. The van der Waals surface area contributed by atoms with Crippen LogP contribution in [0, 0.1) is 6.92 Å². The second-order valence-corrected chi connectivity index (χ2v) is 4.98. The fraction of sp³-hybridized carbons (Fsp3) is 0.333. The first kappa shape index (κ1) is 13.8. The van der Waals surface area contributed by atoms with Crippen molar-refractivity contribution in [3.8, 4) is 0 Å². The molecule has 0 amide bonds. The number of carbonyl (C=O) groups excluding carboxylic acids is 1. The average molecular weight is 277 g/mol. The van der Waals surface area contributed by atoms with E-state index in [9.17, 15) is 4.79 Å². The largest absolute Gasteiger partial charge is 0.294 e. The van der Waals surface area contributed by atoms with Gasteiger partial charge in [0.2, 0.25) is 0 Å². The van der Waals surface area contributed by atoms with Gasteiger partial charge in [0.15, 0.2) is 5.78 Å². The number of halogens is 1. The number of aromatic nitrogens is 2. The molecule has 4 heteroatoms. The van der Waals surface area contributed by atoms with Gasteiger partial charge in [-0.3, -0.25) is 9.48 Å². The fourth-order valence-electron chi connectivity index (χ4n) is 2.14. The predicted octanol–water partition coefficient (Wildman–Crippen LogP) is 3.37. The van der Waals surface area contributed by atoms with Crippen molar-refractivity contribution in [2.45, 2.75) is 26.7 Å². The first-order valence-corrected chi connectivity index (χ1v) is 6.71. The first-order chi connectivity index (χ1) is 9.04. The lowest BCUT2D eigenvalue weighted by atomic mass is 10.0. The molecule has 0 atom stereocenters. The molecule has 2 rings (SSSR count). The summed E-state index contributed by atoms with van der Waals surface area (Å²) < 4.78 is 1.71. The van der Waals surface area contributed by atoms with Crippen LogP contribution >= 0.6 is 11.6 Å². The Balaban J connectivity index is 2.30. The number of carbonyl (C=O) groups is 1. The fourth-order valence-corrected chi connectivity index (χ4v) is 2.51. The molecular weight excluding hydrogens is 260 g/mol. The maximum absolute atomic E-state index is 12.3. The van der Waals surface area contributed by atoms with E-state index in [4.69, 9.17) is 11.6 Å². The van der Waals surface area contributed by atoms with Crippen molar-refractivity contribution in [1.82, 2.24) is 9.78 Å². The van der Waals surface area contributed by atoms with Gasteiger partial charge in [0.25, 0.3) is 0 Å². The number of hydrogen-bond donors (Lipinski definition) is 0. The van der Waals surface area contributed by atoms with Crippen LogP contribution < -0.4 is 0 Å². The Hall–Kier alpha value is -1.61. The van der Waals surface area contributed by atoms with Crippen molar-refractivity contribution in [3.05, 3.63) is 51.8 Å². The molecule has 0 saturated carbocycles. The lowest BCUT2D eigenvalue weighted by Crippen LogP contribution is -2.09. The van der Waals surface area contributed by atoms with Crippen molar-refractivity contribution in [2.75, 3.05) is 0 Å². The Morgan fingerprint density at radius 1 is 1.37 bits per heavy atom. The minimum atomic E-state index is 0.0747. The van der Waals surface area contributed by atoms with Crippen LogP contribution in [0.3, 0.4) is 0 Å². The van der Waals surface area contributed by atoms with Crippen LogP contribution in [0.5, 0.6) is 0 Å². The number of ketones is 1. The van der Waals surface area contributed by atoms with Crippen LogP contribution in [0.1, 0.15) is 34.2 Å². The molecule has 1 heterocycles. The molecule has 0 bridgehead atoms. The van der Waals surface area contributed by atoms with Gasteiger partial charge < -0.3 is 0 Å². The summed E-state index contributed by atoms with van der Waals surface area (Å²) in [5.74, 6) is 0.0747. The van der Waals surface area contributed by atoms with Gasteiger partial charge in [0, 0.05) is 12.6 Å². The molecule has 0 radical (unpaired) electrons. The summed E-state index contributed by atoms with van der Waals surface area (Å²) in [6.45, 7) is 3.94. The number of Topliss-reactive ketones (excluding diaryl/α,β-unsaturated/α-hetero) is 1. The molecular formula is C15H17ClN2O. The summed E-state index contributed by atoms with van der Waals surface area (Å²) in [6.07, 6.45) is 1.05. The molecule has 0 aliphatic heterocycles. The average Bonchev–Trinajstić information content (AvgIpc) is 2.66. The standard InChI is InChI=1S/C15H17ClN2O/c1-4-12-15(16)13(18(3)17-12)9-14(19)11-8-6-5-7-10(11)2/h5-8H,4,9H2,1-3H3. The van der Waals surface area contributed by atoms with Gasteiger partial charge >= 0.3 is 0 Å². The zero-order valence-corrected chi connectivity index (χ0v) is 12.2. The lowest BCUT2D eigenvalue weighted by molar-refractivity contribution is 0.0990. The molecule has 2 aromatic rings. The molecule has 100 valence electrons. The number of rotatable bonds is 4. The minimum absolute atomic E-state index is 0.0747. The molecule has 0 aliphatic carbocycles. The highest BCUT2D eigenvalue weighted by Crippen LogP contribution is 2.22. The second kappa shape index (κ2) is 5.57. The van der Waals surface area contributed by atoms with Crippen molar-refractivity contribution in [2.24, 2.45) is 7.05 Å². The van der Waals surface area contributed by atoms with Crippen molar-refractivity contribution < 1.29 is 4.79 Å². The summed E-state index contributed by atoms with van der Waals surface area (Å²) in [5, 5.41) is 4.95. The zero-order chi connectivity index (χ0) is 14.0. The third-order valence-electron chi connectivity index (χ3n) is 3.28. The zero-order valence-electron chi connectivity index (χ0n) is 11.4. The Morgan fingerprint density at radius 2 is 2.05 bits per heavy atom. The molecule has 19 heavy (non-hydrogen) atoms. The summed E-state index contributed by atoms with van der Waals surface area (Å²) in [6, 6.07) is 7.60. The number of hydrogen-bond acceptors (Lipinski definition) is 2. The normalized spacial score (nSPS) is 10.7. The highest BCUT2D eigenvalue weighted by atomic mass is 35.5. The van der Waals surface area contributed by atoms with Crippen LogP contribution in [0.2, 0.25) is 5.02 Å². The van der Waals surface area contributed by atoms with Gasteiger partial charge in [-0.15, -0.1) is 0 Å². The molecule has 0 saturated heterocycles. The van der Waals surface area contributed by atoms with Crippen LogP contribution in [0.15, 0.2) is 24.3 Å². The maximum atomic E-state index is 12.3. The van der Waals surface area contributed by atoms with Gasteiger partial charge in [-0.1, -0.05) is 42.8 Å². The maximum Gasteiger partial charge on any atom is 0.169 e. The molecule has 0 fully saturated rings. The minimum Gasteiger partial charge on any atom is -0.294 e. The Kier molecular flexibility index (Phi) is 4.05.